The SMILES string of the molecule is CCN(CC(=O)OC)C1CCOC2(CCCCC2)C1. The lowest BCUT2D eigenvalue weighted by Crippen LogP contribution is -2.50. The third kappa shape index (κ3) is 3.69. The van der Waals surface area contributed by atoms with Crippen LogP contribution in [-0.4, -0.2) is 49.3 Å². The van der Waals surface area contributed by atoms with Crippen LogP contribution in [0.5, 0.6) is 0 Å². The van der Waals surface area contributed by atoms with Crippen LogP contribution >= 0.6 is 0 Å². The van der Waals surface area contributed by atoms with Crippen molar-refractivity contribution < 1.29 is 14.3 Å². The Kier molecular flexibility index (Phi) is 5.22. The van der Waals surface area contributed by atoms with Gasteiger partial charge in [-0.3, -0.25) is 9.69 Å². The molecule has 1 aliphatic carbocycles. The summed E-state index contributed by atoms with van der Waals surface area (Å²) in [6.07, 6.45) is 8.42. The van der Waals surface area contributed by atoms with E-state index in [2.05, 4.69) is 11.8 Å². The number of hydrogen-bond donors (Lipinski definition) is 0. The van der Waals surface area contributed by atoms with Gasteiger partial charge in [-0.15, -0.1) is 0 Å². The summed E-state index contributed by atoms with van der Waals surface area (Å²) in [6, 6.07) is 0.468. The maximum atomic E-state index is 11.5. The van der Waals surface area contributed by atoms with Gasteiger partial charge in [0.15, 0.2) is 0 Å². The highest BCUT2D eigenvalue weighted by Crippen LogP contribution is 2.39. The van der Waals surface area contributed by atoms with Gasteiger partial charge >= 0.3 is 5.97 Å². The number of hydrogen-bond acceptors (Lipinski definition) is 4. The first-order chi connectivity index (χ1) is 9.19. The molecule has 2 fully saturated rings. The van der Waals surface area contributed by atoms with Crippen LogP contribution in [0.4, 0.5) is 0 Å². The zero-order valence-corrected chi connectivity index (χ0v) is 12.3. The van der Waals surface area contributed by atoms with Gasteiger partial charge < -0.3 is 9.47 Å². The summed E-state index contributed by atoms with van der Waals surface area (Å²) in [7, 11) is 1.46. The molecule has 1 aliphatic heterocycles. The van der Waals surface area contributed by atoms with E-state index < -0.39 is 0 Å². The van der Waals surface area contributed by atoms with Gasteiger partial charge in [-0.2, -0.15) is 0 Å². The first kappa shape index (κ1) is 14.8. The van der Waals surface area contributed by atoms with Crippen molar-refractivity contribution in [1.82, 2.24) is 4.90 Å². The fourth-order valence-electron chi connectivity index (χ4n) is 3.59. The molecule has 1 saturated heterocycles. The summed E-state index contributed by atoms with van der Waals surface area (Å²) < 4.78 is 10.9. The van der Waals surface area contributed by atoms with E-state index >= 15 is 0 Å². The predicted octanol–water partition coefficient (Wildman–Crippen LogP) is 2.36. The molecule has 1 spiro atoms. The third-order valence-corrected chi connectivity index (χ3v) is 4.71. The Morgan fingerprint density at radius 1 is 1.37 bits per heavy atom. The van der Waals surface area contributed by atoms with Gasteiger partial charge in [-0.25, -0.2) is 0 Å². The molecule has 1 atom stereocenters. The summed E-state index contributed by atoms with van der Waals surface area (Å²) in [4.78, 5) is 13.8. The summed E-state index contributed by atoms with van der Waals surface area (Å²) in [5, 5.41) is 0. The first-order valence-electron chi connectivity index (χ1n) is 7.64. The molecule has 1 unspecified atom stereocenters. The molecule has 19 heavy (non-hydrogen) atoms. The molecule has 2 rings (SSSR count). The third-order valence-electron chi connectivity index (χ3n) is 4.71. The topological polar surface area (TPSA) is 38.8 Å². The fourth-order valence-corrected chi connectivity index (χ4v) is 3.59. The number of nitrogens with zero attached hydrogens (tertiary/aromatic N) is 1. The fraction of sp³-hybridized carbons (Fsp3) is 0.933. The summed E-state index contributed by atoms with van der Waals surface area (Å²) in [5.74, 6) is -0.133. The van der Waals surface area contributed by atoms with Crippen LogP contribution in [0.1, 0.15) is 51.9 Å². The zero-order valence-electron chi connectivity index (χ0n) is 12.3. The van der Waals surface area contributed by atoms with Gasteiger partial charge in [0, 0.05) is 12.6 Å². The Balaban J connectivity index is 1.96. The number of methoxy groups -OCH3 is 1. The van der Waals surface area contributed by atoms with Crippen molar-refractivity contribution in [1.29, 1.82) is 0 Å². The van der Waals surface area contributed by atoms with E-state index in [1.54, 1.807) is 0 Å². The Bertz CT molecular complexity index is 294. The molecule has 1 saturated carbocycles. The van der Waals surface area contributed by atoms with Crippen LogP contribution < -0.4 is 0 Å². The lowest BCUT2D eigenvalue weighted by Gasteiger charge is -2.46. The van der Waals surface area contributed by atoms with Gasteiger partial charge in [-0.1, -0.05) is 26.2 Å². The largest absolute Gasteiger partial charge is 0.468 e. The lowest BCUT2D eigenvalue weighted by molar-refractivity contribution is -0.147. The van der Waals surface area contributed by atoms with E-state index in [0.29, 0.717) is 12.6 Å². The highest BCUT2D eigenvalue weighted by molar-refractivity contribution is 5.71. The maximum Gasteiger partial charge on any atom is 0.319 e. The van der Waals surface area contributed by atoms with E-state index in [9.17, 15) is 4.79 Å². The van der Waals surface area contributed by atoms with Crippen LogP contribution in [0.2, 0.25) is 0 Å². The minimum absolute atomic E-state index is 0.102. The Morgan fingerprint density at radius 2 is 2.11 bits per heavy atom. The van der Waals surface area contributed by atoms with E-state index in [4.69, 9.17) is 9.47 Å². The van der Waals surface area contributed by atoms with Crippen molar-refractivity contribution in [3.8, 4) is 0 Å². The second-order valence-electron chi connectivity index (χ2n) is 5.88. The second-order valence-corrected chi connectivity index (χ2v) is 5.88. The van der Waals surface area contributed by atoms with Gasteiger partial charge in [0.1, 0.15) is 0 Å². The molecule has 0 aromatic carbocycles. The molecule has 0 aromatic heterocycles. The Morgan fingerprint density at radius 3 is 2.74 bits per heavy atom. The smallest absolute Gasteiger partial charge is 0.319 e. The molecular formula is C15H27NO3. The number of rotatable bonds is 4. The molecule has 4 nitrogen and oxygen atoms in total. The van der Waals surface area contributed by atoms with Crippen molar-refractivity contribution in [2.45, 2.75) is 63.5 Å². The number of carbonyl (C=O) groups excluding carboxylic acids is 1. The minimum atomic E-state index is -0.133. The lowest BCUT2D eigenvalue weighted by atomic mass is 9.78. The van der Waals surface area contributed by atoms with Crippen molar-refractivity contribution in [2.75, 3.05) is 26.8 Å². The molecule has 4 heteroatoms. The predicted molar refractivity (Wildman–Crippen MR) is 74.1 cm³/mol. The molecule has 1 heterocycles. The number of likely N-dealkylation sites (N-methyl/N-ethyl adjacent to an activating group) is 1. The standard InChI is InChI=1S/C15H27NO3/c1-3-16(12-14(17)18-2)13-7-10-19-15(11-13)8-5-4-6-9-15/h13H,3-12H2,1-2H3. The van der Waals surface area contributed by atoms with E-state index in [1.165, 1.54) is 39.2 Å². The molecule has 0 aromatic rings. The average molecular weight is 269 g/mol. The molecule has 110 valence electrons. The molecule has 0 N–H and O–H groups in total. The molecule has 0 amide bonds. The quantitative estimate of drug-likeness (QED) is 0.734. The van der Waals surface area contributed by atoms with Gasteiger partial charge in [0.2, 0.25) is 0 Å². The maximum absolute atomic E-state index is 11.5. The van der Waals surface area contributed by atoms with Gasteiger partial charge in [0.25, 0.3) is 0 Å². The second kappa shape index (κ2) is 6.71. The monoisotopic (exact) mass is 269 g/mol. The Hall–Kier alpha value is -0.610. The van der Waals surface area contributed by atoms with Crippen molar-refractivity contribution in [2.24, 2.45) is 0 Å². The van der Waals surface area contributed by atoms with Gasteiger partial charge in [-0.05, 0) is 32.2 Å². The van der Waals surface area contributed by atoms with E-state index in [1.807, 2.05) is 0 Å². The van der Waals surface area contributed by atoms with Crippen LogP contribution in [0.15, 0.2) is 0 Å². The Labute approximate surface area is 116 Å². The average Bonchev–Trinajstić information content (AvgIpc) is 2.45. The summed E-state index contributed by atoms with van der Waals surface area (Å²) >= 11 is 0. The number of ether oxygens (including phenoxy) is 2. The molecule has 0 bridgehead atoms. The van der Waals surface area contributed by atoms with Crippen LogP contribution in [0, 0.1) is 0 Å². The van der Waals surface area contributed by atoms with Crippen LogP contribution in [0.25, 0.3) is 0 Å². The summed E-state index contributed by atoms with van der Waals surface area (Å²) in [5.41, 5.74) is 0.102. The van der Waals surface area contributed by atoms with Crippen molar-refractivity contribution >= 4 is 5.97 Å². The molecule has 2 aliphatic rings. The normalized spacial score (nSPS) is 26.6. The number of esters is 1. The molecular weight excluding hydrogens is 242 g/mol. The number of carbonyl (C=O) groups is 1. The van der Waals surface area contributed by atoms with Crippen LogP contribution in [0.3, 0.4) is 0 Å². The van der Waals surface area contributed by atoms with E-state index in [0.717, 1.165) is 26.0 Å². The van der Waals surface area contributed by atoms with Crippen molar-refractivity contribution in [3.05, 3.63) is 0 Å². The minimum Gasteiger partial charge on any atom is -0.468 e. The highest BCUT2D eigenvalue weighted by Gasteiger charge is 2.40. The summed E-state index contributed by atoms with van der Waals surface area (Å²) in [6.45, 7) is 4.26. The highest BCUT2D eigenvalue weighted by atomic mass is 16.5. The van der Waals surface area contributed by atoms with Crippen LogP contribution in [-0.2, 0) is 14.3 Å². The first-order valence-corrected chi connectivity index (χ1v) is 7.64. The molecule has 0 radical (unpaired) electrons. The zero-order chi connectivity index (χ0) is 13.7. The van der Waals surface area contributed by atoms with Gasteiger partial charge in [0.05, 0.1) is 19.3 Å². The van der Waals surface area contributed by atoms with E-state index in [-0.39, 0.29) is 11.6 Å². The van der Waals surface area contributed by atoms with Crippen molar-refractivity contribution in [3.63, 3.8) is 0 Å².